The molecule has 33 heavy (non-hydrogen) atoms. The number of carboxylic acids is 1. The predicted molar refractivity (Wildman–Crippen MR) is 94.9 cm³/mol. The third-order valence-electron chi connectivity index (χ3n) is 4.42. The molecule has 0 saturated heterocycles. The van der Waals surface area contributed by atoms with Gasteiger partial charge in [0.15, 0.2) is 0 Å². The van der Waals surface area contributed by atoms with Crippen LogP contribution in [0.1, 0.15) is 11.3 Å². The lowest BCUT2D eigenvalue weighted by Crippen LogP contribution is -2.49. The number of hydrogen-bond acceptors (Lipinski definition) is 5. The fraction of sp³-hybridized carbons (Fsp3) is 0.312. The Hall–Kier alpha value is -3.43. The van der Waals surface area contributed by atoms with Gasteiger partial charge < -0.3 is 5.11 Å². The molecule has 180 valence electrons. The molecule has 0 fully saturated rings. The van der Waals surface area contributed by atoms with Gasteiger partial charge in [0, 0.05) is 31.2 Å². The van der Waals surface area contributed by atoms with Crippen LogP contribution in [-0.2, 0) is 24.4 Å². The van der Waals surface area contributed by atoms with Gasteiger partial charge >= 0.3 is 24.0 Å². The Morgan fingerprint density at radius 2 is 1.70 bits per heavy atom. The molecule has 0 bridgehead atoms. The lowest BCUT2D eigenvalue weighted by molar-refractivity contribution is -0.385. The van der Waals surface area contributed by atoms with Crippen molar-refractivity contribution < 1.29 is 45.6 Å². The molecule has 9 nitrogen and oxygen atoms in total. The third kappa shape index (κ3) is 4.55. The van der Waals surface area contributed by atoms with Crippen molar-refractivity contribution in [2.45, 2.75) is 23.6 Å². The van der Waals surface area contributed by atoms with Gasteiger partial charge in [0.2, 0.25) is 4.87 Å². The van der Waals surface area contributed by atoms with Gasteiger partial charge in [-0.05, 0) is 6.07 Å². The Balaban J connectivity index is 2.82. The van der Waals surface area contributed by atoms with E-state index < -0.39 is 74.2 Å². The van der Waals surface area contributed by atoms with Crippen LogP contribution in [-0.4, -0.2) is 36.2 Å². The largest absolute Gasteiger partial charge is 0.480 e. The molecule has 0 amide bonds. The molecule has 2 aromatic rings. The number of aliphatic carboxylic acids is 1. The second kappa shape index (κ2) is 8.17. The maximum Gasteiger partial charge on any atom is 0.431 e. The van der Waals surface area contributed by atoms with Crippen LogP contribution < -0.4 is 11.2 Å². The highest BCUT2D eigenvalue weighted by molar-refractivity contribution is 6.34. The van der Waals surface area contributed by atoms with Gasteiger partial charge in [-0.25, -0.2) is 18.5 Å². The number of nitro benzene ring substituents is 1. The van der Waals surface area contributed by atoms with Crippen molar-refractivity contribution in [2.24, 2.45) is 7.05 Å². The molecule has 2 rings (SSSR count). The SMILES string of the molecule is Cn1c(C(F)(F)F)cc(=O)n(-c2cc([N+](=O)[O-])c(CC(Cl)(C(=O)O)C(F)(F)F)cc2F)c1=O. The molecular formula is C16H9ClF7N3O6. The van der Waals surface area contributed by atoms with Crippen LogP contribution >= 0.6 is 11.6 Å². The monoisotopic (exact) mass is 507 g/mol. The summed E-state index contributed by atoms with van der Waals surface area (Å²) < 4.78 is 92.6. The number of nitro groups is 1. The molecule has 0 radical (unpaired) electrons. The summed E-state index contributed by atoms with van der Waals surface area (Å²) >= 11 is 5.12. The molecule has 0 aliphatic rings. The normalized spacial score (nSPS) is 14.1. The highest BCUT2D eigenvalue weighted by Crippen LogP contribution is 2.41. The van der Waals surface area contributed by atoms with E-state index >= 15 is 0 Å². The summed E-state index contributed by atoms with van der Waals surface area (Å²) in [4.78, 5) is 41.3. The zero-order chi connectivity index (χ0) is 25.7. The molecule has 1 unspecified atom stereocenters. The third-order valence-corrected chi connectivity index (χ3v) is 4.93. The standard InChI is InChI=1S/C16H9ClF7N3O6/c1-25-10(15(19,20)21)4-11(28)26(13(25)31)9-3-8(27(32)33)6(2-7(9)18)5-14(17,12(29)30)16(22,23)24/h2-4H,5H2,1H3,(H,29,30). The first kappa shape index (κ1) is 25.8. The number of alkyl halides is 7. The van der Waals surface area contributed by atoms with E-state index in [4.69, 9.17) is 16.7 Å². The van der Waals surface area contributed by atoms with Gasteiger partial charge in [0.1, 0.15) is 11.5 Å². The molecule has 17 heteroatoms. The Labute approximate surface area is 181 Å². The maximum absolute atomic E-state index is 14.7. The Morgan fingerprint density at radius 3 is 2.12 bits per heavy atom. The van der Waals surface area contributed by atoms with E-state index in [1.54, 1.807) is 0 Å². The number of aromatic nitrogens is 2. The number of carboxylic acid groups (broad SMARTS) is 1. The average molecular weight is 508 g/mol. The van der Waals surface area contributed by atoms with Crippen molar-refractivity contribution >= 4 is 23.3 Å². The van der Waals surface area contributed by atoms with Crippen molar-refractivity contribution in [3.8, 4) is 5.69 Å². The summed E-state index contributed by atoms with van der Waals surface area (Å²) in [5.41, 5.74) is -9.06. The number of carbonyl (C=O) groups is 1. The molecule has 1 N–H and O–H groups in total. The van der Waals surface area contributed by atoms with Crippen molar-refractivity contribution in [3.63, 3.8) is 0 Å². The first-order chi connectivity index (χ1) is 14.8. The Bertz CT molecular complexity index is 1270. The Morgan fingerprint density at radius 1 is 1.15 bits per heavy atom. The van der Waals surface area contributed by atoms with E-state index in [2.05, 4.69) is 0 Å². The minimum Gasteiger partial charge on any atom is -0.480 e. The molecule has 1 heterocycles. The van der Waals surface area contributed by atoms with Crippen LogP contribution in [0.25, 0.3) is 5.69 Å². The van der Waals surface area contributed by atoms with Crippen LogP contribution in [0.15, 0.2) is 27.8 Å². The quantitative estimate of drug-likeness (QED) is 0.287. The minimum absolute atomic E-state index is 0.0306. The van der Waals surface area contributed by atoms with Crippen LogP contribution in [0.3, 0.4) is 0 Å². The summed E-state index contributed by atoms with van der Waals surface area (Å²) in [5.74, 6) is -4.40. The van der Waals surface area contributed by atoms with Crippen LogP contribution in [0.5, 0.6) is 0 Å². The van der Waals surface area contributed by atoms with Crippen LogP contribution in [0.2, 0.25) is 0 Å². The van der Waals surface area contributed by atoms with Gasteiger partial charge in [-0.15, -0.1) is 0 Å². The van der Waals surface area contributed by atoms with Crippen molar-refractivity contribution in [2.75, 3.05) is 0 Å². The highest BCUT2D eigenvalue weighted by atomic mass is 35.5. The summed E-state index contributed by atoms with van der Waals surface area (Å²) in [7, 11) is 0.569. The summed E-state index contributed by atoms with van der Waals surface area (Å²) in [6.45, 7) is 0. The average Bonchev–Trinajstić information content (AvgIpc) is 2.63. The number of rotatable bonds is 5. The zero-order valence-electron chi connectivity index (χ0n) is 15.8. The van der Waals surface area contributed by atoms with Crippen molar-refractivity contribution in [1.82, 2.24) is 9.13 Å². The van der Waals surface area contributed by atoms with E-state index in [1.165, 1.54) is 0 Å². The lowest BCUT2D eigenvalue weighted by Gasteiger charge is -2.25. The fourth-order valence-corrected chi connectivity index (χ4v) is 2.90. The Kier molecular flexibility index (Phi) is 6.39. The number of benzene rings is 1. The summed E-state index contributed by atoms with van der Waals surface area (Å²) in [6, 6.07) is 0.0392. The molecule has 1 aromatic heterocycles. The maximum atomic E-state index is 14.7. The molecule has 0 spiro atoms. The van der Waals surface area contributed by atoms with Crippen molar-refractivity contribution in [3.05, 3.63) is 66.2 Å². The number of halogens is 8. The topological polar surface area (TPSA) is 124 Å². The van der Waals surface area contributed by atoms with Gasteiger partial charge in [-0.2, -0.15) is 26.3 Å². The van der Waals surface area contributed by atoms with E-state index in [-0.39, 0.29) is 27.3 Å². The second-order valence-corrected chi connectivity index (χ2v) is 7.16. The zero-order valence-corrected chi connectivity index (χ0v) is 16.5. The summed E-state index contributed by atoms with van der Waals surface area (Å²) in [6.07, 6.45) is -12.6. The first-order valence-electron chi connectivity index (χ1n) is 8.19. The van der Waals surface area contributed by atoms with E-state index in [0.717, 1.165) is 0 Å². The predicted octanol–water partition coefficient (Wildman–Crippen LogP) is 2.77. The highest BCUT2D eigenvalue weighted by Gasteiger charge is 2.60. The molecule has 0 saturated carbocycles. The molecule has 1 aromatic carbocycles. The van der Waals surface area contributed by atoms with Gasteiger partial charge in [0.25, 0.3) is 11.2 Å². The van der Waals surface area contributed by atoms with E-state index in [1.807, 2.05) is 0 Å². The smallest absolute Gasteiger partial charge is 0.431 e. The van der Waals surface area contributed by atoms with Gasteiger partial charge in [0.05, 0.1) is 10.6 Å². The lowest BCUT2D eigenvalue weighted by atomic mass is 9.96. The van der Waals surface area contributed by atoms with Gasteiger partial charge in [-0.3, -0.25) is 19.5 Å². The number of hydrogen-bond donors (Lipinski definition) is 1. The molecular weight excluding hydrogens is 499 g/mol. The molecule has 1 atom stereocenters. The fourth-order valence-electron chi connectivity index (χ4n) is 2.75. The van der Waals surface area contributed by atoms with E-state index in [9.17, 15) is 55.2 Å². The number of nitrogens with zero attached hydrogens (tertiary/aromatic N) is 3. The summed E-state index contributed by atoms with van der Waals surface area (Å²) in [5, 5.41) is 20.2. The van der Waals surface area contributed by atoms with Gasteiger partial charge in [-0.1, -0.05) is 11.6 Å². The van der Waals surface area contributed by atoms with Crippen LogP contribution in [0, 0.1) is 15.9 Å². The second-order valence-electron chi connectivity index (χ2n) is 6.51. The minimum atomic E-state index is -5.65. The molecule has 0 aliphatic carbocycles. The first-order valence-corrected chi connectivity index (χ1v) is 8.57. The van der Waals surface area contributed by atoms with Crippen molar-refractivity contribution in [1.29, 1.82) is 0 Å². The van der Waals surface area contributed by atoms with Crippen LogP contribution in [0.4, 0.5) is 36.4 Å². The van der Waals surface area contributed by atoms with E-state index in [0.29, 0.717) is 7.05 Å². The molecule has 0 aliphatic heterocycles.